The average Bonchev–Trinajstić information content (AvgIpc) is 2.81. The van der Waals surface area contributed by atoms with Crippen LogP contribution >= 0.6 is 27.5 Å². The first-order valence-corrected chi connectivity index (χ1v) is 7.40. The number of benzene rings is 1. The van der Waals surface area contributed by atoms with Crippen molar-refractivity contribution in [2.45, 2.75) is 25.2 Å². The molecule has 1 heterocycles. The molecule has 2 aromatic rings. The number of halogens is 2. The van der Waals surface area contributed by atoms with Crippen LogP contribution in [0.2, 0.25) is 5.02 Å². The molecule has 8 heteroatoms. The van der Waals surface area contributed by atoms with Gasteiger partial charge in [0.25, 0.3) is 5.69 Å². The lowest BCUT2D eigenvalue weighted by molar-refractivity contribution is -0.384. The number of nitro benzene ring substituents is 1. The third-order valence-corrected chi connectivity index (χ3v) is 3.63. The minimum Gasteiger partial charge on any atom is -0.307 e. The summed E-state index contributed by atoms with van der Waals surface area (Å²) in [7, 11) is 0. The number of alkyl halides is 1. The molecule has 0 atom stereocenters. The Morgan fingerprint density at radius 2 is 2.15 bits per heavy atom. The average molecular weight is 360 g/mol. The first-order valence-electron chi connectivity index (χ1n) is 5.90. The molecule has 1 aromatic carbocycles. The third-order valence-electron chi connectivity index (χ3n) is 2.81. The van der Waals surface area contributed by atoms with E-state index in [1.54, 1.807) is 12.1 Å². The fourth-order valence-corrected chi connectivity index (χ4v) is 2.65. The Labute approximate surface area is 129 Å². The zero-order chi connectivity index (χ0) is 14.9. The van der Waals surface area contributed by atoms with Crippen molar-refractivity contribution < 1.29 is 4.92 Å². The number of rotatable bonds is 4. The quantitative estimate of drug-likeness (QED) is 0.470. The highest BCUT2D eigenvalue weighted by Crippen LogP contribution is 2.36. The maximum Gasteiger partial charge on any atom is 0.281 e. The van der Waals surface area contributed by atoms with E-state index in [1.165, 1.54) is 6.07 Å². The van der Waals surface area contributed by atoms with E-state index in [0.29, 0.717) is 22.5 Å². The summed E-state index contributed by atoms with van der Waals surface area (Å²) in [6, 6.07) is 4.63. The smallest absolute Gasteiger partial charge is 0.281 e. The topological polar surface area (TPSA) is 73.8 Å². The number of hydrogen-bond acceptors (Lipinski definition) is 4. The van der Waals surface area contributed by atoms with Crippen molar-refractivity contribution in [2.24, 2.45) is 0 Å². The van der Waals surface area contributed by atoms with Crippen molar-refractivity contribution in [1.29, 1.82) is 0 Å². The normalized spacial score (nSPS) is 11.1. The van der Waals surface area contributed by atoms with Gasteiger partial charge in [0.05, 0.1) is 15.3 Å². The van der Waals surface area contributed by atoms with Gasteiger partial charge in [0.15, 0.2) is 5.82 Å². The Morgan fingerprint density at radius 1 is 1.45 bits per heavy atom. The molecule has 0 saturated heterocycles. The first-order chi connectivity index (χ1) is 9.47. The summed E-state index contributed by atoms with van der Waals surface area (Å²) in [5.74, 6) is 1.11. The first kappa shape index (κ1) is 14.9. The molecule has 0 radical (unpaired) electrons. The SMILES string of the molecule is CC(C)n1c(CBr)nnc1-c1c(Cl)cccc1[N+](=O)[O-]. The fourth-order valence-electron chi connectivity index (χ4n) is 2.01. The Bertz CT molecular complexity index is 657. The van der Waals surface area contributed by atoms with Gasteiger partial charge in [-0.2, -0.15) is 0 Å². The van der Waals surface area contributed by atoms with E-state index < -0.39 is 4.92 Å². The van der Waals surface area contributed by atoms with Crippen LogP contribution in [-0.4, -0.2) is 19.7 Å². The van der Waals surface area contributed by atoms with E-state index in [0.717, 1.165) is 0 Å². The standard InChI is InChI=1S/C12H12BrClN4O2/c1-7(2)17-10(6-13)15-16-12(17)11-8(14)4-3-5-9(11)18(19)20/h3-5,7H,6H2,1-2H3. The summed E-state index contributed by atoms with van der Waals surface area (Å²) in [6.07, 6.45) is 0. The summed E-state index contributed by atoms with van der Waals surface area (Å²) in [4.78, 5) is 10.7. The molecule has 0 amide bonds. The van der Waals surface area contributed by atoms with Gasteiger partial charge in [-0.15, -0.1) is 10.2 Å². The van der Waals surface area contributed by atoms with Crippen LogP contribution in [0.4, 0.5) is 5.69 Å². The van der Waals surface area contributed by atoms with E-state index in [1.807, 2.05) is 18.4 Å². The minimum absolute atomic E-state index is 0.0587. The van der Waals surface area contributed by atoms with Crippen molar-refractivity contribution in [3.05, 3.63) is 39.2 Å². The van der Waals surface area contributed by atoms with E-state index in [9.17, 15) is 10.1 Å². The molecular weight excluding hydrogens is 348 g/mol. The third kappa shape index (κ3) is 2.55. The van der Waals surface area contributed by atoms with Crippen LogP contribution < -0.4 is 0 Å². The molecule has 0 unspecified atom stereocenters. The monoisotopic (exact) mass is 358 g/mol. The van der Waals surface area contributed by atoms with Crippen LogP contribution in [-0.2, 0) is 5.33 Å². The second kappa shape index (κ2) is 5.88. The molecule has 106 valence electrons. The Morgan fingerprint density at radius 3 is 2.70 bits per heavy atom. The Kier molecular flexibility index (Phi) is 4.39. The lowest BCUT2D eigenvalue weighted by Crippen LogP contribution is -2.08. The van der Waals surface area contributed by atoms with Gasteiger partial charge in [-0.25, -0.2) is 0 Å². The Hall–Kier alpha value is -1.47. The van der Waals surface area contributed by atoms with Gasteiger partial charge in [0.1, 0.15) is 11.4 Å². The van der Waals surface area contributed by atoms with E-state index in [2.05, 4.69) is 26.1 Å². The molecule has 6 nitrogen and oxygen atoms in total. The summed E-state index contributed by atoms with van der Waals surface area (Å²) < 4.78 is 1.84. The maximum absolute atomic E-state index is 11.2. The second-order valence-electron chi connectivity index (χ2n) is 4.43. The summed E-state index contributed by atoms with van der Waals surface area (Å²) >= 11 is 9.48. The molecule has 1 aromatic heterocycles. The van der Waals surface area contributed by atoms with Crippen molar-refractivity contribution in [2.75, 3.05) is 0 Å². The van der Waals surface area contributed by atoms with E-state index >= 15 is 0 Å². The van der Waals surface area contributed by atoms with Crippen LogP contribution in [0.1, 0.15) is 25.7 Å². The van der Waals surface area contributed by atoms with Gasteiger partial charge >= 0.3 is 0 Å². The van der Waals surface area contributed by atoms with Crippen LogP contribution in [0.5, 0.6) is 0 Å². The largest absolute Gasteiger partial charge is 0.307 e. The molecular formula is C12H12BrClN4O2. The predicted molar refractivity (Wildman–Crippen MR) is 80.1 cm³/mol. The number of nitro groups is 1. The van der Waals surface area contributed by atoms with Gasteiger partial charge < -0.3 is 4.57 Å². The minimum atomic E-state index is -0.464. The van der Waals surface area contributed by atoms with Crippen LogP contribution in [0.25, 0.3) is 11.4 Å². The van der Waals surface area contributed by atoms with Crippen molar-refractivity contribution >= 4 is 33.2 Å². The van der Waals surface area contributed by atoms with Crippen molar-refractivity contribution in [3.63, 3.8) is 0 Å². The maximum atomic E-state index is 11.2. The molecule has 0 aliphatic carbocycles. The molecule has 20 heavy (non-hydrogen) atoms. The highest BCUT2D eigenvalue weighted by molar-refractivity contribution is 9.08. The molecule has 0 spiro atoms. The molecule has 0 fully saturated rings. The summed E-state index contributed by atoms with van der Waals surface area (Å²) in [5.41, 5.74) is 0.223. The van der Waals surface area contributed by atoms with E-state index in [-0.39, 0.29) is 16.8 Å². The highest BCUT2D eigenvalue weighted by atomic mass is 79.9. The number of hydrogen-bond donors (Lipinski definition) is 0. The number of nitrogens with zero attached hydrogens (tertiary/aromatic N) is 4. The molecule has 0 aliphatic rings. The lowest BCUT2D eigenvalue weighted by Gasteiger charge is -2.13. The van der Waals surface area contributed by atoms with Gasteiger partial charge in [-0.05, 0) is 19.9 Å². The van der Waals surface area contributed by atoms with Gasteiger partial charge in [0.2, 0.25) is 0 Å². The summed E-state index contributed by atoms with van der Waals surface area (Å²) in [5, 5.41) is 20.1. The molecule has 2 rings (SSSR count). The van der Waals surface area contributed by atoms with Crippen LogP contribution in [0.15, 0.2) is 18.2 Å². The zero-order valence-corrected chi connectivity index (χ0v) is 13.2. The zero-order valence-electron chi connectivity index (χ0n) is 10.9. The van der Waals surface area contributed by atoms with Gasteiger partial charge in [-0.3, -0.25) is 10.1 Å². The molecule has 0 aliphatic heterocycles. The Balaban J connectivity index is 2.75. The van der Waals surface area contributed by atoms with Gasteiger partial charge in [0, 0.05) is 12.1 Å². The predicted octanol–water partition coefficient (Wildman–Crippen LogP) is 3.98. The van der Waals surface area contributed by atoms with Crippen molar-refractivity contribution in [3.8, 4) is 11.4 Å². The fraction of sp³-hybridized carbons (Fsp3) is 0.333. The van der Waals surface area contributed by atoms with Gasteiger partial charge in [-0.1, -0.05) is 33.6 Å². The molecule has 0 N–H and O–H groups in total. The second-order valence-corrected chi connectivity index (χ2v) is 5.40. The molecule has 0 saturated carbocycles. The molecule has 0 bridgehead atoms. The van der Waals surface area contributed by atoms with Crippen LogP contribution in [0.3, 0.4) is 0 Å². The number of aromatic nitrogens is 3. The summed E-state index contributed by atoms with van der Waals surface area (Å²) in [6.45, 7) is 3.92. The highest BCUT2D eigenvalue weighted by Gasteiger charge is 2.25. The van der Waals surface area contributed by atoms with Crippen LogP contribution in [0, 0.1) is 10.1 Å². The van der Waals surface area contributed by atoms with E-state index in [4.69, 9.17) is 11.6 Å². The van der Waals surface area contributed by atoms with Crippen molar-refractivity contribution in [1.82, 2.24) is 14.8 Å². The lowest BCUT2D eigenvalue weighted by atomic mass is 10.1.